The number of amides is 1. The van der Waals surface area contributed by atoms with E-state index in [1.54, 1.807) is 12.3 Å². The van der Waals surface area contributed by atoms with E-state index in [1.807, 2.05) is 20.8 Å². The second-order valence-electron chi connectivity index (χ2n) is 4.25. The first kappa shape index (κ1) is 13.4. The predicted octanol–water partition coefficient (Wildman–Crippen LogP) is 3.89. The van der Waals surface area contributed by atoms with Crippen molar-refractivity contribution in [3.05, 3.63) is 21.2 Å². The van der Waals surface area contributed by atoms with Crippen LogP contribution in [-0.2, 0) is 0 Å². The second kappa shape index (κ2) is 4.71. The van der Waals surface area contributed by atoms with Gasteiger partial charge in [-0.3, -0.25) is 4.90 Å². The maximum atomic E-state index is 11.2. The summed E-state index contributed by atoms with van der Waals surface area (Å²) in [4.78, 5) is 16.6. The normalized spacial score (nSPS) is 11.3. The molecule has 16 heavy (non-hydrogen) atoms. The van der Waals surface area contributed by atoms with Gasteiger partial charge in [0.25, 0.3) is 0 Å². The summed E-state index contributed by atoms with van der Waals surface area (Å²) in [5, 5.41) is 9.21. The van der Waals surface area contributed by atoms with Crippen molar-refractivity contribution in [2.45, 2.75) is 26.3 Å². The number of carboxylic acid groups (broad SMARTS) is 1. The molecule has 0 fully saturated rings. The van der Waals surface area contributed by atoms with Gasteiger partial charge in [-0.1, -0.05) is 0 Å². The number of pyridine rings is 1. The maximum Gasteiger partial charge on any atom is 0.413 e. The van der Waals surface area contributed by atoms with Crippen molar-refractivity contribution >= 4 is 43.8 Å². The molecule has 0 saturated heterocycles. The van der Waals surface area contributed by atoms with Gasteiger partial charge in [0.05, 0.1) is 4.47 Å². The van der Waals surface area contributed by atoms with Gasteiger partial charge in [0, 0.05) is 16.2 Å². The van der Waals surface area contributed by atoms with Crippen molar-refractivity contribution in [2.24, 2.45) is 0 Å². The molecular formula is C10H12Br2N2O2. The zero-order valence-electron chi connectivity index (χ0n) is 9.16. The van der Waals surface area contributed by atoms with Gasteiger partial charge in [-0.05, 0) is 58.7 Å². The van der Waals surface area contributed by atoms with Crippen molar-refractivity contribution in [2.75, 3.05) is 4.90 Å². The van der Waals surface area contributed by atoms with Gasteiger partial charge in [-0.2, -0.15) is 0 Å². The zero-order chi connectivity index (χ0) is 12.5. The molecule has 1 amide bonds. The lowest BCUT2D eigenvalue weighted by Crippen LogP contribution is -2.45. The minimum Gasteiger partial charge on any atom is -0.465 e. The minimum absolute atomic E-state index is 0.392. The Kier molecular flexibility index (Phi) is 3.96. The molecule has 6 heteroatoms. The van der Waals surface area contributed by atoms with Crippen LogP contribution in [0.2, 0.25) is 0 Å². The molecule has 0 aliphatic rings. The van der Waals surface area contributed by atoms with Crippen LogP contribution in [0.1, 0.15) is 20.8 Å². The largest absolute Gasteiger partial charge is 0.465 e. The molecule has 1 aromatic heterocycles. The highest BCUT2D eigenvalue weighted by Crippen LogP contribution is 2.31. The smallest absolute Gasteiger partial charge is 0.413 e. The van der Waals surface area contributed by atoms with Crippen molar-refractivity contribution in [3.8, 4) is 0 Å². The molecule has 0 aliphatic heterocycles. The molecule has 0 atom stereocenters. The number of aromatic nitrogens is 1. The van der Waals surface area contributed by atoms with Crippen LogP contribution in [0.3, 0.4) is 0 Å². The second-order valence-corrected chi connectivity index (χ2v) is 6.02. The molecule has 1 N–H and O–H groups in total. The van der Waals surface area contributed by atoms with Crippen LogP contribution in [-0.4, -0.2) is 21.7 Å². The topological polar surface area (TPSA) is 53.4 Å². The Morgan fingerprint density at radius 1 is 1.44 bits per heavy atom. The summed E-state index contributed by atoms with van der Waals surface area (Å²) in [6.45, 7) is 5.45. The van der Waals surface area contributed by atoms with Gasteiger partial charge in [-0.25, -0.2) is 9.78 Å². The van der Waals surface area contributed by atoms with Crippen molar-refractivity contribution in [1.82, 2.24) is 4.98 Å². The monoisotopic (exact) mass is 350 g/mol. The van der Waals surface area contributed by atoms with Crippen LogP contribution in [0.5, 0.6) is 0 Å². The molecule has 0 unspecified atom stereocenters. The average Bonchev–Trinajstić information content (AvgIpc) is 2.06. The van der Waals surface area contributed by atoms with E-state index in [2.05, 4.69) is 36.8 Å². The number of anilines is 1. The fourth-order valence-corrected chi connectivity index (χ4v) is 2.43. The number of hydrogen-bond donors (Lipinski definition) is 1. The fourth-order valence-electron chi connectivity index (χ4n) is 1.27. The summed E-state index contributed by atoms with van der Waals surface area (Å²) < 4.78 is 1.43. The van der Waals surface area contributed by atoms with Crippen LogP contribution in [0.15, 0.2) is 21.2 Å². The Hall–Kier alpha value is -0.620. The van der Waals surface area contributed by atoms with Gasteiger partial charge in [0.15, 0.2) is 5.82 Å². The van der Waals surface area contributed by atoms with Crippen LogP contribution < -0.4 is 4.90 Å². The Morgan fingerprint density at radius 2 is 2.00 bits per heavy atom. The summed E-state index contributed by atoms with van der Waals surface area (Å²) in [6, 6.07) is 1.77. The SMILES string of the molecule is CC(C)(C)N(C(=O)O)c1ncc(Br)cc1Br. The van der Waals surface area contributed by atoms with Gasteiger partial charge in [-0.15, -0.1) is 0 Å². The highest BCUT2D eigenvalue weighted by molar-refractivity contribution is 9.11. The lowest BCUT2D eigenvalue weighted by atomic mass is 10.1. The van der Waals surface area contributed by atoms with Gasteiger partial charge in [0.1, 0.15) is 0 Å². The molecule has 0 radical (unpaired) electrons. The lowest BCUT2D eigenvalue weighted by molar-refractivity contribution is 0.195. The molecule has 0 spiro atoms. The van der Waals surface area contributed by atoms with Crippen LogP contribution >= 0.6 is 31.9 Å². The van der Waals surface area contributed by atoms with Gasteiger partial charge < -0.3 is 5.11 Å². The van der Waals surface area contributed by atoms with Crippen LogP contribution in [0, 0.1) is 0 Å². The van der Waals surface area contributed by atoms with E-state index in [0.29, 0.717) is 10.3 Å². The Morgan fingerprint density at radius 3 is 2.38 bits per heavy atom. The van der Waals surface area contributed by atoms with E-state index < -0.39 is 11.6 Å². The number of nitrogens with zero attached hydrogens (tertiary/aromatic N) is 2. The zero-order valence-corrected chi connectivity index (χ0v) is 12.3. The van der Waals surface area contributed by atoms with E-state index in [1.165, 1.54) is 4.90 Å². The lowest BCUT2D eigenvalue weighted by Gasteiger charge is -2.32. The van der Waals surface area contributed by atoms with Crippen LogP contribution in [0.25, 0.3) is 0 Å². The van der Waals surface area contributed by atoms with E-state index in [4.69, 9.17) is 0 Å². The van der Waals surface area contributed by atoms with Crippen molar-refractivity contribution in [3.63, 3.8) is 0 Å². The van der Waals surface area contributed by atoms with Crippen molar-refractivity contribution < 1.29 is 9.90 Å². The average molecular weight is 352 g/mol. The fraction of sp³-hybridized carbons (Fsp3) is 0.400. The molecule has 1 aromatic rings. The van der Waals surface area contributed by atoms with Crippen molar-refractivity contribution in [1.29, 1.82) is 0 Å². The maximum absolute atomic E-state index is 11.2. The third kappa shape index (κ3) is 2.95. The predicted molar refractivity (Wildman–Crippen MR) is 69.9 cm³/mol. The molecule has 0 aliphatic carbocycles. The molecule has 1 rings (SSSR count). The third-order valence-electron chi connectivity index (χ3n) is 1.86. The highest BCUT2D eigenvalue weighted by atomic mass is 79.9. The first-order chi connectivity index (χ1) is 7.23. The Balaban J connectivity index is 3.28. The number of rotatable bonds is 1. The summed E-state index contributed by atoms with van der Waals surface area (Å²) in [5.41, 5.74) is -0.546. The molecule has 0 aromatic carbocycles. The highest BCUT2D eigenvalue weighted by Gasteiger charge is 2.30. The molecule has 88 valence electrons. The Labute approximate surface area is 111 Å². The first-order valence-electron chi connectivity index (χ1n) is 4.57. The quantitative estimate of drug-likeness (QED) is 0.835. The van der Waals surface area contributed by atoms with Gasteiger partial charge >= 0.3 is 6.09 Å². The standard InChI is InChI=1S/C10H12Br2N2O2/c1-10(2,3)14(9(15)16)8-7(12)4-6(11)5-13-8/h4-5H,1-3H3,(H,15,16). The van der Waals surface area contributed by atoms with E-state index in [0.717, 1.165) is 4.47 Å². The molecule has 0 saturated carbocycles. The third-order valence-corrected chi connectivity index (χ3v) is 2.88. The van der Waals surface area contributed by atoms with E-state index >= 15 is 0 Å². The van der Waals surface area contributed by atoms with Crippen LogP contribution in [0.4, 0.5) is 10.6 Å². The minimum atomic E-state index is -1.02. The Bertz CT molecular complexity index is 416. The summed E-state index contributed by atoms with van der Waals surface area (Å²) >= 11 is 6.59. The number of halogens is 2. The number of hydrogen-bond acceptors (Lipinski definition) is 2. The molecule has 4 nitrogen and oxygen atoms in total. The summed E-state index contributed by atoms with van der Waals surface area (Å²) in [6.07, 6.45) is 0.546. The molecule has 0 bridgehead atoms. The van der Waals surface area contributed by atoms with Gasteiger partial charge in [0.2, 0.25) is 0 Å². The molecule has 1 heterocycles. The van der Waals surface area contributed by atoms with E-state index in [9.17, 15) is 9.90 Å². The summed E-state index contributed by atoms with van der Waals surface area (Å²) in [5.74, 6) is 0.392. The van der Waals surface area contributed by atoms with E-state index in [-0.39, 0.29) is 0 Å². The summed E-state index contributed by atoms with van der Waals surface area (Å²) in [7, 11) is 0. The number of carbonyl (C=O) groups is 1. The molecular weight excluding hydrogens is 340 g/mol. The first-order valence-corrected chi connectivity index (χ1v) is 6.16.